The summed E-state index contributed by atoms with van der Waals surface area (Å²) < 4.78 is 20.3. The molecule has 0 saturated carbocycles. The van der Waals surface area contributed by atoms with E-state index in [9.17, 15) is 14.4 Å². The third kappa shape index (κ3) is 16.5. The normalized spacial score (nSPS) is 10.2. The molecule has 0 atom stereocenters. The number of rotatable bonds is 17. The van der Waals surface area contributed by atoms with E-state index >= 15 is 0 Å². The molecule has 0 rings (SSSR count). The average molecular weight is 320 g/mol. The lowest BCUT2D eigenvalue weighted by atomic mass is 10.6. The first-order valence-electron chi connectivity index (χ1n) is 6.99. The standard InChI is InChI=1S/C13H24N2O7/c16-3-6-21-8-7-20-5-2-15-13(18)11-22-10-9-19-4-1-14-12-17/h3,12H,1-2,4-11H2,(H,14,17)(H,15,18). The van der Waals surface area contributed by atoms with Crippen LogP contribution in [0.5, 0.6) is 0 Å². The number of ether oxygens (including phenoxy) is 4. The summed E-state index contributed by atoms with van der Waals surface area (Å²) >= 11 is 0. The molecule has 0 aliphatic rings. The molecule has 0 unspecified atom stereocenters. The van der Waals surface area contributed by atoms with Gasteiger partial charge in [0.05, 0.1) is 39.6 Å². The molecule has 0 heterocycles. The maximum atomic E-state index is 11.3. The third-order valence-electron chi connectivity index (χ3n) is 2.21. The van der Waals surface area contributed by atoms with Gasteiger partial charge < -0.3 is 34.4 Å². The zero-order valence-electron chi connectivity index (χ0n) is 12.6. The molecule has 0 aliphatic carbocycles. The van der Waals surface area contributed by atoms with Gasteiger partial charge in [0, 0.05) is 13.1 Å². The van der Waals surface area contributed by atoms with Crippen LogP contribution in [0.3, 0.4) is 0 Å². The van der Waals surface area contributed by atoms with E-state index in [1.54, 1.807) is 0 Å². The molecule has 128 valence electrons. The van der Waals surface area contributed by atoms with E-state index in [0.29, 0.717) is 65.4 Å². The first kappa shape index (κ1) is 20.5. The zero-order valence-corrected chi connectivity index (χ0v) is 12.6. The van der Waals surface area contributed by atoms with Crippen LogP contribution in [-0.2, 0) is 33.3 Å². The Balaban J connectivity index is 3.16. The van der Waals surface area contributed by atoms with E-state index in [-0.39, 0.29) is 19.1 Å². The third-order valence-corrected chi connectivity index (χ3v) is 2.21. The largest absolute Gasteiger partial charge is 0.377 e. The van der Waals surface area contributed by atoms with Crippen LogP contribution in [0.2, 0.25) is 0 Å². The Bertz CT molecular complexity index is 264. The molecule has 22 heavy (non-hydrogen) atoms. The lowest BCUT2D eigenvalue weighted by Crippen LogP contribution is -2.31. The molecular weight excluding hydrogens is 296 g/mol. The van der Waals surface area contributed by atoms with Crippen LogP contribution in [0.25, 0.3) is 0 Å². The highest BCUT2D eigenvalue weighted by atomic mass is 16.5. The monoisotopic (exact) mass is 320 g/mol. The summed E-state index contributed by atoms with van der Waals surface area (Å²) in [5, 5.41) is 5.09. The Hall–Kier alpha value is -1.55. The maximum absolute atomic E-state index is 11.3. The smallest absolute Gasteiger partial charge is 0.246 e. The molecule has 0 radical (unpaired) electrons. The Morgan fingerprint density at radius 3 is 2.14 bits per heavy atom. The second kappa shape index (κ2) is 17.5. The van der Waals surface area contributed by atoms with Gasteiger partial charge in [0.15, 0.2) is 0 Å². The van der Waals surface area contributed by atoms with Crippen LogP contribution < -0.4 is 10.6 Å². The van der Waals surface area contributed by atoms with E-state index in [1.807, 2.05) is 0 Å². The fourth-order valence-corrected chi connectivity index (χ4v) is 1.24. The predicted octanol–water partition coefficient (Wildman–Crippen LogP) is -1.89. The summed E-state index contributed by atoms with van der Waals surface area (Å²) in [5.41, 5.74) is 0. The molecule has 0 bridgehead atoms. The van der Waals surface area contributed by atoms with E-state index in [4.69, 9.17) is 18.9 Å². The van der Waals surface area contributed by atoms with Gasteiger partial charge in [-0.3, -0.25) is 9.59 Å². The molecule has 9 nitrogen and oxygen atoms in total. The number of carbonyl (C=O) groups is 3. The van der Waals surface area contributed by atoms with Crippen molar-refractivity contribution in [3.05, 3.63) is 0 Å². The number of hydrogen-bond acceptors (Lipinski definition) is 7. The summed E-state index contributed by atoms with van der Waals surface area (Å²) in [6, 6.07) is 0. The molecule has 0 saturated heterocycles. The van der Waals surface area contributed by atoms with E-state index in [0.717, 1.165) is 0 Å². The first-order valence-corrected chi connectivity index (χ1v) is 6.99. The fraction of sp³-hybridized carbons (Fsp3) is 0.769. The van der Waals surface area contributed by atoms with Gasteiger partial charge in [-0.05, 0) is 0 Å². The van der Waals surface area contributed by atoms with E-state index in [1.165, 1.54) is 0 Å². The van der Waals surface area contributed by atoms with Crippen molar-refractivity contribution in [2.45, 2.75) is 0 Å². The predicted molar refractivity (Wildman–Crippen MR) is 76.4 cm³/mol. The van der Waals surface area contributed by atoms with Gasteiger partial charge in [0.1, 0.15) is 19.5 Å². The molecular formula is C13H24N2O7. The summed E-state index contributed by atoms with van der Waals surface area (Å²) in [6.45, 7) is 3.00. The van der Waals surface area contributed by atoms with Crippen molar-refractivity contribution in [2.75, 3.05) is 65.9 Å². The Labute approximate surface area is 129 Å². The number of hydrogen-bond donors (Lipinski definition) is 2. The average Bonchev–Trinajstić information content (AvgIpc) is 2.52. The quantitative estimate of drug-likeness (QED) is 0.238. The van der Waals surface area contributed by atoms with Gasteiger partial charge in [0.25, 0.3) is 0 Å². The van der Waals surface area contributed by atoms with Crippen molar-refractivity contribution in [1.29, 1.82) is 0 Å². The van der Waals surface area contributed by atoms with Gasteiger partial charge in [-0.1, -0.05) is 0 Å². The molecule has 0 aliphatic heterocycles. The minimum absolute atomic E-state index is 0.0433. The van der Waals surface area contributed by atoms with Crippen molar-refractivity contribution in [3.63, 3.8) is 0 Å². The van der Waals surface area contributed by atoms with Crippen LogP contribution in [0.15, 0.2) is 0 Å². The van der Waals surface area contributed by atoms with Crippen LogP contribution in [0.4, 0.5) is 0 Å². The Morgan fingerprint density at radius 2 is 1.45 bits per heavy atom. The second-order valence-corrected chi connectivity index (χ2v) is 3.94. The van der Waals surface area contributed by atoms with E-state index in [2.05, 4.69) is 10.6 Å². The van der Waals surface area contributed by atoms with Gasteiger partial charge in [-0.25, -0.2) is 0 Å². The summed E-state index contributed by atoms with van der Waals surface area (Å²) in [4.78, 5) is 31.2. The van der Waals surface area contributed by atoms with Crippen LogP contribution in [0, 0.1) is 0 Å². The van der Waals surface area contributed by atoms with E-state index < -0.39 is 0 Å². The number of carbonyl (C=O) groups excluding carboxylic acids is 3. The highest BCUT2D eigenvalue weighted by Crippen LogP contribution is 1.80. The van der Waals surface area contributed by atoms with Crippen molar-refractivity contribution < 1.29 is 33.3 Å². The van der Waals surface area contributed by atoms with Crippen molar-refractivity contribution >= 4 is 18.6 Å². The van der Waals surface area contributed by atoms with Gasteiger partial charge in [0.2, 0.25) is 12.3 Å². The van der Waals surface area contributed by atoms with Crippen LogP contribution in [-0.4, -0.2) is 84.5 Å². The lowest BCUT2D eigenvalue weighted by Gasteiger charge is -2.07. The van der Waals surface area contributed by atoms with Crippen LogP contribution >= 0.6 is 0 Å². The molecule has 2 amide bonds. The Kier molecular flexibility index (Phi) is 16.3. The van der Waals surface area contributed by atoms with Gasteiger partial charge in [-0.15, -0.1) is 0 Å². The first-order chi connectivity index (χ1) is 10.8. The second-order valence-electron chi connectivity index (χ2n) is 3.94. The molecule has 2 N–H and O–H groups in total. The number of aldehydes is 1. The summed E-state index contributed by atoms with van der Waals surface area (Å²) in [5.74, 6) is -0.233. The summed E-state index contributed by atoms with van der Waals surface area (Å²) in [7, 11) is 0. The molecule has 0 aromatic carbocycles. The SMILES string of the molecule is O=CCOCCOCCNC(=O)COCCOCCNC=O. The zero-order chi connectivity index (χ0) is 16.3. The fourth-order valence-electron chi connectivity index (χ4n) is 1.24. The molecule has 0 aromatic rings. The molecule has 0 fully saturated rings. The van der Waals surface area contributed by atoms with Crippen LogP contribution in [0.1, 0.15) is 0 Å². The minimum Gasteiger partial charge on any atom is -0.377 e. The lowest BCUT2D eigenvalue weighted by molar-refractivity contribution is -0.126. The van der Waals surface area contributed by atoms with Crippen molar-refractivity contribution in [1.82, 2.24) is 10.6 Å². The topological polar surface area (TPSA) is 112 Å². The number of nitrogens with one attached hydrogen (secondary N) is 2. The highest BCUT2D eigenvalue weighted by molar-refractivity contribution is 5.77. The minimum atomic E-state index is -0.233. The van der Waals surface area contributed by atoms with Crippen molar-refractivity contribution in [2.24, 2.45) is 0 Å². The summed E-state index contributed by atoms with van der Waals surface area (Å²) in [6.07, 6.45) is 1.28. The highest BCUT2D eigenvalue weighted by Gasteiger charge is 2.00. The molecule has 9 heteroatoms. The molecule has 0 spiro atoms. The Morgan fingerprint density at radius 1 is 0.818 bits per heavy atom. The van der Waals surface area contributed by atoms with Crippen molar-refractivity contribution in [3.8, 4) is 0 Å². The van der Waals surface area contributed by atoms with Gasteiger partial charge in [-0.2, -0.15) is 0 Å². The van der Waals surface area contributed by atoms with Gasteiger partial charge >= 0.3 is 0 Å². The molecule has 0 aromatic heterocycles. The number of amides is 2. The maximum Gasteiger partial charge on any atom is 0.246 e.